The predicted octanol–water partition coefficient (Wildman–Crippen LogP) is 4.00. The van der Waals surface area contributed by atoms with Crippen LogP contribution in [0.25, 0.3) is 10.9 Å². The van der Waals surface area contributed by atoms with Crippen molar-refractivity contribution in [2.75, 3.05) is 6.61 Å². The second-order valence-corrected chi connectivity index (χ2v) is 9.53. The highest BCUT2D eigenvalue weighted by molar-refractivity contribution is 6.30. The number of esters is 1. The molecule has 5 atom stereocenters. The van der Waals surface area contributed by atoms with Crippen LogP contribution in [0.5, 0.6) is 0 Å². The topological polar surface area (TPSA) is 90.3 Å². The van der Waals surface area contributed by atoms with E-state index in [9.17, 15) is 14.4 Å². The Hall–Kier alpha value is -3.19. The maximum Gasteiger partial charge on any atom is 0.307 e. The van der Waals surface area contributed by atoms with E-state index in [-0.39, 0.29) is 41.7 Å². The molecule has 0 aliphatic heterocycles. The number of nitrogens with one attached hydrogen (secondary N) is 1. The average molecular weight is 480 g/mol. The van der Waals surface area contributed by atoms with Gasteiger partial charge in [0.05, 0.1) is 30.8 Å². The summed E-state index contributed by atoms with van der Waals surface area (Å²) in [7, 11) is 0. The van der Waals surface area contributed by atoms with E-state index in [0.717, 1.165) is 18.4 Å². The predicted molar refractivity (Wildman–Crippen MR) is 129 cm³/mol. The Bertz CT molecular complexity index is 1280. The van der Waals surface area contributed by atoms with Gasteiger partial charge < -0.3 is 10.1 Å². The molecule has 5 rings (SSSR count). The largest absolute Gasteiger partial charge is 0.466 e. The molecule has 3 aromatic rings. The second kappa shape index (κ2) is 9.22. The standard InChI is InChI=1S/C26H26ClN3O4/c1-2-34-24(32)13-21(29-26(33)15-7-9-16(27)10-8-15)25-19-11-17(12-20(19)25)30-22-6-4-3-5-18(22)23(31)14-28-30/h3-10,14,17,19-21,25H,2,11-13H2,1H3,(H,29,33)/t17?,19-,20+,21?,25+. The van der Waals surface area contributed by atoms with Crippen molar-refractivity contribution >= 4 is 34.4 Å². The van der Waals surface area contributed by atoms with Crippen molar-refractivity contribution in [2.24, 2.45) is 17.8 Å². The van der Waals surface area contributed by atoms with Crippen molar-refractivity contribution in [1.82, 2.24) is 15.1 Å². The molecule has 2 saturated carbocycles. The molecule has 2 aromatic carbocycles. The smallest absolute Gasteiger partial charge is 0.307 e. The number of benzene rings is 2. The van der Waals surface area contributed by atoms with E-state index in [1.165, 1.54) is 6.20 Å². The van der Waals surface area contributed by atoms with E-state index in [4.69, 9.17) is 16.3 Å². The van der Waals surface area contributed by atoms with E-state index >= 15 is 0 Å². The van der Waals surface area contributed by atoms with Crippen molar-refractivity contribution in [1.29, 1.82) is 0 Å². The molecule has 1 amide bonds. The summed E-state index contributed by atoms with van der Waals surface area (Å²) in [6.45, 7) is 2.08. The number of hydrogen-bond donors (Lipinski definition) is 1. The van der Waals surface area contributed by atoms with Crippen molar-refractivity contribution in [3.05, 3.63) is 75.5 Å². The summed E-state index contributed by atoms with van der Waals surface area (Å²) in [4.78, 5) is 37.4. The van der Waals surface area contributed by atoms with Gasteiger partial charge in [-0.2, -0.15) is 5.10 Å². The molecule has 1 aromatic heterocycles. The Morgan fingerprint density at radius 3 is 2.56 bits per heavy atom. The Labute approximate surface area is 202 Å². The van der Waals surface area contributed by atoms with Gasteiger partial charge in [0, 0.05) is 22.0 Å². The number of rotatable bonds is 7. The van der Waals surface area contributed by atoms with Crippen molar-refractivity contribution < 1.29 is 14.3 Å². The molecule has 0 saturated heterocycles. The lowest BCUT2D eigenvalue weighted by atomic mass is 9.98. The van der Waals surface area contributed by atoms with Gasteiger partial charge >= 0.3 is 5.97 Å². The fourth-order valence-electron chi connectivity index (χ4n) is 5.61. The first-order valence-corrected chi connectivity index (χ1v) is 12.0. The molecule has 2 unspecified atom stereocenters. The molecule has 0 radical (unpaired) electrons. The fraction of sp³-hybridized carbons (Fsp3) is 0.385. The van der Waals surface area contributed by atoms with Gasteiger partial charge in [0.2, 0.25) is 5.43 Å². The monoisotopic (exact) mass is 479 g/mol. The van der Waals surface area contributed by atoms with Crippen molar-refractivity contribution in [2.45, 2.75) is 38.3 Å². The zero-order chi connectivity index (χ0) is 23.8. The number of amides is 1. The van der Waals surface area contributed by atoms with Gasteiger partial charge in [0.1, 0.15) is 0 Å². The average Bonchev–Trinajstić information content (AvgIpc) is 3.32. The van der Waals surface area contributed by atoms with Gasteiger partial charge in [-0.3, -0.25) is 19.1 Å². The first-order valence-electron chi connectivity index (χ1n) is 11.6. The zero-order valence-electron chi connectivity index (χ0n) is 18.8. The maximum atomic E-state index is 12.9. The summed E-state index contributed by atoms with van der Waals surface area (Å²) in [6, 6.07) is 14.1. The zero-order valence-corrected chi connectivity index (χ0v) is 19.6. The molecule has 176 valence electrons. The third-order valence-corrected chi connectivity index (χ3v) is 7.38. The Kier molecular flexibility index (Phi) is 6.13. The molecule has 8 heteroatoms. The van der Waals surface area contributed by atoms with Gasteiger partial charge in [-0.1, -0.05) is 23.7 Å². The quantitative estimate of drug-likeness (QED) is 0.517. The minimum atomic E-state index is -0.307. The first kappa shape index (κ1) is 22.6. The van der Waals surface area contributed by atoms with Gasteiger partial charge in [-0.25, -0.2) is 0 Å². The molecule has 0 bridgehead atoms. The van der Waals surface area contributed by atoms with Crippen LogP contribution in [0.1, 0.15) is 42.6 Å². The fourth-order valence-corrected chi connectivity index (χ4v) is 5.74. The summed E-state index contributed by atoms with van der Waals surface area (Å²) in [5, 5.41) is 8.74. The molecular weight excluding hydrogens is 454 g/mol. The number of nitrogens with zero attached hydrogens (tertiary/aromatic N) is 2. The van der Waals surface area contributed by atoms with Crippen LogP contribution >= 0.6 is 11.6 Å². The van der Waals surface area contributed by atoms with Crippen LogP contribution in [0, 0.1) is 17.8 Å². The first-order chi connectivity index (χ1) is 16.5. The highest BCUT2D eigenvalue weighted by Crippen LogP contribution is 2.62. The maximum absolute atomic E-state index is 12.9. The normalized spacial score (nSPS) is 23.8. The Balaban J connectivity index is 1.32. The van der Waals surface area contributed by atoms with Crippen LogP contribution in [-0.2, 0) is 9.53 Å². The highest BCUT2D eigenvalue weighted by atomic mass is 35.5. The summed E-state index contributed by atoms with van der Waals surface area (Å²) in [5.74, 6) is 0.450. The molecule has 2 fully saturated rings. The van der Waals surface area contributed by atoms with E-state index in [2.05, 4.69) is 10.4 Å². The molecule has 1 heterocycles. The van der Waals surface area contributed by atoms with Crippen molar-refractivity contribution in [3.8, 4) is 0 Å². The molecule has 0 spiro atoms. The van der Waals surface area contributed by atoms with E-state index in [1.54, 1.807) is 31.2 Å². The number of carbonyl (C=O) groups excluding carboxylic acids is 2. The Morgan fingerprint density at radius 2 is 1.85 bits per heavy atom. The van der Waals surface area contributed by atoms with Crippen LogP contribution in [0.15, 0.2) is 59.5 Å². The summed E-state index contributed by atoms with van der Waals surface area (Å²) < 4.78 is 7.14. The second-order valence-electron chi connectivity index (χ2n) is 9.10. The number of para-hydroxylation sites is 1. The van der Waals surface area contributed by atoms with Crippen LogP contribution in [0.3, 0.4) is 0 Å². The SMILES string of the molecule is CCOC(=O)CC(NC(=O)c1ccc(Cl)cc1)[C@H]1[C@@H]2CC(n3ncc(=O)c4ccccc43)C[C@@H]21. The third-order valence-electron chi connectivity index (χ3n) is 7.13. The van der Waals surface area contributed by atoms with Crippen LogP contribution in [-0.4, -0.2) is 34.3 Å². The number of carbonyl (C=O) groups is 2. The number of aromatic nitrogens is 2. The summed E-state index contributed by atoms with van der Waals surface area (Å²) in [5.41, 5.74) is 1.27. The molecule has 7 nitrogen and oxygen atoms in total. The molecule has 2 aliphatic rings. The number of ether oxygens (including phenoxy) is 1. The molecular formula is C26H26ClN3O4. The molecule has 1 N–H and O–H groups in total. The summed E-state index contributed by atoms with van der Waals surface area (Å²) in [6.07, 6.45) is 3.32. The van der Waals surface area contributed by atoms with Gasteiger partial charge in [0.25, 0.3) is 5.91 Å². The van der Waals surface area contributed by atoms with Crippen LogP contribution in [0.2, 0.25) is 5.02 Å². The van der Waals surface area contributed by atoms with Gasteiger partial charge in [0.15, 0.2) is 0 Å². The number of hydrogen-bond acceptors (Lipinski definition) is 5. The lowest BCUT2D eigenvalue weighted by molar-refractivity contribution is -0.143. The van der Waals surface area contributed by atoms with E-state index in [0.29, 0.717) is 34.4 Å². The van der Waals surface area contributed by atoms with Crippen LogP contribution < -0.4 is 10.7 Å². The van der Waals surface area contributed by atoms with Gasteiger partial charge in [-0.05, 0) is 73.9 Å². The van der Waals surface area contributed by atoms with Crippen LogP contribution in [0.4, 0.5) is 0 Å². The van der Waals surface area contributed by atoms with Crippen molar-refractivity contribution in [3.63, 3.8) is 0 Å². The third kappa shape index (κ3) is 4.32. The lowest BCUT2D eigenvalue weighted by Gasteiger charge is -2.23. The molecule has 2 aliphatic carbocycles. The Morgan fingerprint density at radius 1 is 1.15 bits per heavy atom. The molecule has 34 heavy (non-hydrogen) atoms. The lowest BCUT2D eigenvalue weighted by Crippen LogP contribution is -2.40. The van der Waals surface area contributed by atoms with E-state index in [1.807, 2.05) is 28.9 Å². The minimum Gasteiger partial charge on any atom is -0.466 e. The number of fused-ring (bicyclic) bond motifs is 2. The highest BCUT2D eigenvalue weighted by Gasteiger charge is 2.59. The van der Waals surface area contributed by atoms with Gasteiger partial charge in [-0.15, -0.1) is 0 Å². The number of halogens is 1. The summed E-state index contributed by atoms with van der Waals surface area (Å²) >= 11 is 5.94. The van der Waals surface area contributed by atoms with E-state index < -0.39 is 0 Å². The minimum absolute atomic E-state index is 0.0766.